The third-order valence-electron chi connectivity index (χ3n) is 7.27. The number of aryl methyl sites for hydroxylation is 1. The number of para-hydroxylation sites is 1. The van der Waals surface area contributed by atoms with E-state index in [4.69, 9.17) is 28.8 Å². The number of thiocarbonyl (C=S) groups is 1. The van der Waals surface area contributed by atoms with Gasteiger partial charge in [-0.2, -0.15) is 0 Å². The number of fused-ring (bicyclic) bond motifs is 1. The lowest BCUT2D eigenvalue weighted by Crippen LogP contribution is -2.47. The van der Waals surface area contributed by atoms with Gasteiger partial charge in [0.15, 0.2) is 0 Å². The molecular weight excluding hydrogens is 581 g/mol. The van der Waals surface area contributed by atoms with Crippen molar-refractivity contribution >= 4 is 69.0 Å². The summed E-state index contributed by atoms with van der Waals surface area (Å²) in [6.07, 6.45) is 3.28. The Balaban J connectivity index is 1.36. The molecule has 2 aliphatic rings. The maximum atomic E-state index is 14.4. The quantitative estimate of drug-likeness (QED) is 0.219. The highest BCUT2D eigenvalue weighted by atomic mass is 35.5. The second kappa shape index (κ2) is 11.3. The van der Waals surface area contributed by atoms with Crippen molar-refractivity contribution in [3.63, 3.8) is 0 Å². The first-order chi connectivity index (χ1) is 19.8. The molecule has 7 nitrogen and oxygen atoms in total. The van der Waals surface area contributed by atoms with E-state index >= 15 is 0 Å². The van der Waals surface area contributed by atoms with E-state index in [0.29, 0.717) is 63.1 Å². The number of thioether (sulfide) groups is 1. The molecule has 41 heavy (non-hydrogen) atoms. The topological polar surface area (TPSA) is 61.2 Å². The van der Waals surface area contributed by atoms with Crippen molar-refractivity contribution < 1.29 is 9.18 Å². The molecule has 0 spiro atoms. The van der Waals surface area contributed by atoms with Crippen LogP contribution in [0.4, 0.5) is 15.9 Å². The summed E-state index contributed by atoms with van der Waals surface area (Å²) in [5, 5.41) is 0.551. The van der Waals surface area contributed by atoms with Gasteiger partial charge in [0.1, 0.15) is 21.6 Å². The zero-order valence-corrected chi connectivity index (χ0v) is 24.5. The minimum atomic E-state index is -0.288. The fourth-order valence-corrected chi connectivity index (χ4v) is 6.53. The molecule has 2 aromatic heterocycles. The average molecular weight is 606 g/mol. The second-order valence-corrected chi connectivity index (χ2v) is 11.9. The van der Waals surface area contributed by atoms with E-state index in [0.717, 1.165) is 22.9 Å². The molecule has 6 rings (SSSR count). The fourth-order valence-electron chi connectivity index (χ4n) is 5.10. The molecule has 0 aliphatic carbocycles. The zero-order chi connectivity index (χ0) is 28.7. The molecule has 2 fully saturated rings. The summed E-state index contributed by atoms with van der Waals surface area (Å²) in [6.45, 7) is 4.29. The van der Waals surface area contributed by atoms with Gasteiger partial charge in [0.05, 0.1) is 22.7 Å². The van der Waals surface area contributed by atoms with Gasteiger partial charge in [-0.3, -0.25) is 18.9 Å². The summed E-state index contributed by atoms with van der Waals surface area (Å²) in [6, 6.07) is 17.7. The number of carbonyl (C=O) groups is 1. The van der Waals surface area contributed by atoms with Gasteiger partial charge in [-0.05, 0) is 48.4 Å². The fraction of sp³-hybridized carbons (Fsp3) is 0.200. The summed E-state index contributed by atoms with van der Waals surface area (Å²) < 4.78 is 16.3. The highest BCUT2D eigenvalue weighted by Crippen LogP contribution is 2.35. The van der Waals surface area contributed by atoms with Crippen molar-refractivity contribution in [3.8, 4) is 0 Å². The Bertz CT molecular complexity index is 1780. The van der Waals surface area contributed by atoms with E-state index in [2.05, 4.69) is 0 Å². The number of carbonyl (C=O) groups excluding carboxylic acids is 1. The van der Waals surface area contributed by atoms with Gasteiger partial charge < -0.3 is 9.80 Å². The summed E-state index contributed by atoms with van der Waals surface area (Å²) in [5.74, 6) is -0.0593. The van der Waals surface area contributed by atoms with Crippen LogP contribution in [-0.2, 0) is 11.3 Å². The third kappa shape index (κ3) is 5.23. The molecule has 208 valence electrons. The Morgan fingerprint density at radius 1 is 1.00 bits per heavy atom. The molecule has 11 heteroatoms. The number of halogens is 2. The summed E-state index contributed by atoms with van der Waals surface area (Å²) in [4.78, 5) is 38.2. The Morgan fingerprint density at radius 3 is 2.46 bits per heavy atom. The first-order valence-corrected chi connectivity index (χ1v) is 14.7. The van der Waals surface area contributed by atoms with Crippen molar-refractivity contribution in [1.29, 1.82) is 0 Å². The Labute approximate surface area is 250 Å². The summed E-state index contributed by atoms with van der Waals surface area (Å²) in [5.41, 5.74) is 2.77. The molecule has 0 atom stereocenters. The Morgan fingerprint density at radius 2 is 1.71 bits per heavy atom. The molecule has 0 bridgehead atoms. The highest BCUT2D eigenvalue weighted by Gasteiger charge is 2.34. The highest BCUT2D eigenvalue weighted by molar-refractivity contribution is 8.26. The Hall–Kier alpha value is -3.73. The van der Waals surface area contributed by atoms with E-state index in [1.165, 1.54) is 15.4 Å². The molecule has 0 radical (unpaired) electrons. The Kier molecular flexibility index (Phi) is 7.54. The molecule has 4 heterocycles. The predicted molar refractivity (Wildman–Crippen MR) is 167 cm³/mol. The van der Waals surface area contributed by atoms with Crippen molar-refractivity contribution in [2.45, 2.75) is 13.5 Å². The predicted octanol–water partition coefficient (Wildman–Crippen LogP) is 5.52. The largest absolute Gasteiger partial charge is 0.366 e. The van der Waals surface area contributed by atoms with Crippen LogP contribution in [0.15, 0.2) is 76.6 Å². The van der Waals surface area contributed by atoms with Gasteiger partial charge in [-0.25, -0.2) is 9.37 Å². The molecule has 0 saturated carbocycles. The molecule has 0 N–H and O–H groups in total. The van der Waals surface area contributed by atoms with E-state index in [1.54, 1.807) is 36.5 Å². The van der Waals surface area contributed by atoms with Crippen molar-refractivity contribution in [1.82, 2.24) is 14.3 Å². The van der Waals surface area contributed by atoms with Crippen LogP contribution in [0.3, 0.4) is 0 Å². The van der Waals surface area contributed by atoms with E-state index in [9.17, 15) is 14.0 Å². The number of aromatic nitrogens is 2. The minimum absolute atomic E-state index is 0.237. The number of nitrogens with zero attached hydrogens (tertiary/aromatic N) is 5. The molecule has 1 amide bonds. The lowest BCUT2D eigenvalue weighted by molar-refractivity contribution is -0.122. The van der Waals surface area contributed by atoms with Crippen LogP contribution in [0, 0.1) is 12.7 Å². The molecule has 0 unspecified atom stereocenters. The van der Waals surface area contributed by atoms with Gasteiger partial charge >= 0.3 is 0 Å². The SMILES string of the molecule is Cc1cccn2c(=O)c(C=C3SC(=S)N(Cc4ccccc4Cl)C3=O)c(N3CCN(c4ccccc4F)CC3)nc12. The van der Waals surface area contributed by atoms with Gasteiger partial charge in [-0.15, -0.1) is 0 Å². The monoisotopic (exact) mass is 605 g/mol. The number of piperazine rings is 1. The molecule has 4 aromatic rings. The second-order valence-electron chi connectivity index (χ2n) is 9.82. The number of rotatable bonds is 5. The standard InChI is InChI=1S/C30H25ClFN5O2S2/c1-19-7-6-12-36-26(19)33-27(35-15-13-34(14-16-35)24-11-5-4-10-23(24)32)21(28(36)38)17-25-29(39)37(30(40)41-25)18-20-8-2-3-9-22(20)31/h2-12,17H,13-16,18H2,1H3. The first-order valence-electron chi connectivity index (χ1n) is 13.1. The van der Waals surface area contributed by atoms with Crippen LogP contribution < -0.4 is 15.4 Å². The van der Waals surface area contributed by atoms with Crippen LogP contribution in [0.1, 0.15) is 16.7 Å². The number of amides is 1. The van der Waals surface area contributed by atoms with Gasteiger partial charge in [0, 0.05) is 37.4 Å². The van der Waals surface area contributed by atoms with Crippen LogP contribution in [-0.4, -0.2) is 50.7 Å². The normalized spacial score (nSPS) is 16.9. The number of benzene rings is 2. The van der Waals surface area contributed by atoms with Crippen LogP contribution in [0.5, 0.6) is 0 Å². The molecule has 2 aliphatic heterocycles. The average Bonchev–Trinajstić information content (AvgIpc) is 3.23. The van der Waals surface area contributed by atoms with Crippen LogP contribution in [0.2, 0.25) is 5.02 Å². The van der Waals surface area contributed by atoms with E-state index in [1.807, 2.05) is 47.1 Å². The number of hydrogen-bond acceptors (Lipinski definition) is 7. The maximum absolute atomic E-state index is 14.4. The van der Waals surface area contributed by atoms with Crippen molar-refractivity contribution in [2.24, 2.45) is 0 Å². The lowest BCUT2D eigenvalue weighted by Gasteiger charge is -2.37. The first kappa shape index (κ1) is 27.4. The van der Waals surface area contributed by atoms with Crippen molar-refractivity contribution in [2.75, 3.05) is 36.0 Å². The number of anilines is 2. The third-order valence-corrected chi connectivity index (χ3v) is 9.02. The molecular formula is C30H25ClFN5O2S2. The molecule has 2 aromatic carbocycles. The van der Waals surface area contributed by atoms with Crippen LogP contribution in [0.25, 0.3) is 11.7 Å². The lowest BCUT2D eigenvalue weighted by atomic mass is 10.2. The van der Waals surface area contributed by atoms with Crippen molar-refractivity contribution in [3.05, 3.63) is 110 Å². The number of pyridine rings is 1. The van der Waals surface area contributed by atoms with E-state index < -0.39 is 0 Å². The maximum Gasteiger partial charge on any atom is 0.267 e. The summed E-state index contributed by atoms with van der Waals surface area (Å²) in [7, 11) is 0. The summed E-state index contributed by atoms with van der Waals surface area (Å²) >= 11 is 13.0. The van der Waals surface area contributed by atoms with Gasteiger partial charge in [0.25, 0.3) is 11.5 Å². The zero-order valence-electron chi connectivity index (χ0n) is 22.1. The number of hydrogen-bond donors (Lipinski definition) is 0. The van der Waals surface area contributed by atoms with Gasteiger partial charge in [-0.1, -0.05) is 72.0 Å². The molecule has 2 saturated heterocycles. The minimum Gasteiger partial charge on any atom is -0.366 e. The van der Waals surface area contributed by atoms with Gasteiger partial charge in [0.2, 0.25) is 0 Å². The van der Waals surface area contributed by atoms with Crippen LogP contribution >= 0.6 is 35.6 Å². The van der Waals surface area contributed by atoms with E-state index in [-0.39, 0.29) is 23.8 Å². The smallest absolute Gasteiger partial charge is 0.267 e.